The van der Waals surface area contributed by atoms with Gasteiger partial charge in [-0.2, -0.15) is 0 Å². The van der Waals surface area contributed by atoms with Gasteiger partial charge in [0.25, 0.3) is 0 Å². The number of sulfonamides is 1. The van der Waals surface area contributed by atoms with Gasteiger partial charge in [-0.25, -0.2) is 8.42 Å². The minimum Gasteiger partial charge on any atom is -0.457 e. The normalized spacial score (nSPS) is 12.1. The van der Waals surface area contributed by atoms with E-state index in [2.05, 4.69) is 10.3 Å². The molecule has 3 rings (SSSR count). The fraction of sp³-hybridized carbons (Fsp3) is 0.182. The third-order valence-corrected chi connectivity index (χ3v) is 5.59. The van der Waals surface area contributed by atoms with E-state index in [0.29, 0.717) is 17.2 Å². The van der Waals surface area contributed by atoms with Crippen molar-refractivity contribution in [1.82, 2.24) is 10.3 Å². The highest BCUT2D eigenvalue weighted by atomic mass is 32.2. The molecule has 3 aromatic rings. The van der Waals surface area contributed by atoms with Crippen LogP contribution >= 0.6 is 0 Å². The van der Waals surface area contributed by atoms with Gasteiger partial charge in [0.1, 0.15) is 17.5 Å². The summed E-state index contributed by atoms with van der Waals surface area (Å²) in [5.74, 6) is 0.828. The number of carbonyl (C=O) groups is 1. The zero-order valence-electron chi connectivity index (χ0n) is 16.7. The van der Waals surface area contributed by atoms with Gasteiger partial charge < -0.3 is 10.1 Å². The molecule has 1 amide bonds. The summed E-state index contributed by atoms with van der Waals surface area (Å²) in [7, 11) is -3.70. The summed E-state index contributed by atoms with van der Waals surface area (Å²) >= 11 is 0. The molecule has 0 aliphatic rings. The number of anilines is 1. The Kier molecular flexibility index (Phi) is 6.68. The molecule has 7 nitrogen and oxygen atoms in total. The average Bonchev–Trinajstić information content (AvgIpc) is 2.74. The van der Waals surface area contributed by atoms with Gasteiger partial charge in [-0.1, -0.05) is 24.3 Å². The molecule has 0 saturated heterocycles. The van der Waals surface area contributed by atoms with Gasteiger partial charge in [0.15, 0.2) is 0 Å². The summed E-state index contributed by atoms with van der Waals surface area (Å²) in [6.45, 7) is 1.81. The number of ether oxygens (including phenoxy) is 1. The molecule has 8 heteroatoms. The number of aromatic nitrogens is 1. The third-order valence-electron chi connectivity index (χ3n) is 4.35. The van der Waals surface area contributed by atoms with E-state index < -0.39 is 22.0 Å². The van der Waals surface area contributed by atoms with E-state index in [1.165, 1.54) is 0 Å². The molecule has 0 aliphatic heterocycles. The SMILES string of the molecule is C[C@@H](C(=O)NCc1cccnc1)N(c1ccc(Oc2ccccc2)cc1)S(C)(=O)=O. The largest absolute Gasteiger partial charge is 0.457 e. The number of carbonyl (C=O) groups excluding carboxylic acids is 1. The molecule has 0 unspecified atom stereocenters. The van der Waals surface area contributed by atoms with Crippen molar-refractivity contribution in [3.05, 3.63) is 84.7 Å². The standard InChI is InChI=1S/C22H23N3O4S/c1-17(22(26)24-16-18-7-6-14-23-15-18)25(30(2,27)28)19-10-12-21(13-11-19)29-20-8-4-3-5-9-20/h3-15,17H,16H2,1-2H3,(H,24,26)/t17-/m0/s1. The zero-order valence-corrected chi connectivity index (χ0v) is 17.5. The van der Waals surface area contributed by atoms with Crippen molar-refractivity contribution < 1.29 is 17.9 Å². The lowest BCUT2D eigenvalue weighted by molar-refractivity contribution is -0.122. The Bertz CT molecular complexity index is 1070. The number of pyridine rings is 1. The van der Waals surface area contributed by atoms with Crippen molar-refractivity contribution in [3.63, 3.8) is 0 Å². The predicted molar refractivity (Wildman–Crippen MR) is 116 cm³/mol. The lowest BCUT2D eigenvalue weighted by Gasteiger charge is -2.28. The Morgan fingerprint density at radius 3 is 2.30 bits per heavy atom. The van der Waals surface area contributed by atoms with E-state index in [-0.39, 0.29) is 6.54 Å². The van der Waals surface area contributed by atoms with E-state index in [4.69, 9.17) is 4.74 Å². The number of hydrogen-bond donors (Lipinski definition) is 1. The summed E-state index contributed by atoms with van der Waals surface area (Å²) in [6, 6.07) is 18.5. The summed E-state index contributed by atoms with van der Waals surface area (Å²) in [6.07, 6.45) is 4.36. The molecule has 156 valence electrons. The minimum absolute atomic E-state index is 0.262. The van der Waals surface area contributed by atoms with Gasteiger partial charge in [0, 0.05) is 18.9 Å². The van der Waals surface area contributed by atoms with Gasteiger partial charge in [-0.15, -0.1) is 0 Å². The Labute approximate surface area is 176 Å². The maximum absolute atomic E-state index is 12.6. The number of rotatable bonds is 8. The molecule has 0 fully saturated rings. The van der Waals surface area contributed by atoms with Crippen molar-refractivity contribution in [2.45, 2.75) is 19.5 Å². The van der Waals surface area contributed by atoms with Crippen molar-refractivity contribution in [2.24, 2.45) is 0 Å². The van der Waals surface area contributed by atoms with Gasteiger partial charge in [-0.05, 0) is 55.0 Å². The van der Waals surface area contributed by atoms with Gasteiger partial charge in [0.2, 0.25) is 15.9 Å². The monoisotopic (exact) mass is 425 g/mol. The first kappa shape index (κ1) is 21.3. The van der Waals surface area contributed by atoms with Crippen LogP contribution in [0.15, 0.2) is 79.1 Å². The van der Waals surface area contributed by atoms with Crippen LogP contribution in [0.25, 0.3) is 0 Å². The molecular weight excluding hydrogens is 402 g/mol. The smallest absolute Gasteiger partial charge is 0.243 e. The number of para-hydroxylation sites is 1. The maximum Gasteiger partial charge on any atom is 0.243 e. The number of nitrogens with zero attached hydrogens (tertiary/aromatic N) is 2. The van der Waals surface area contributed by atoms with Crippen molar-refractivity contribution >= 4 is 21.6 Å². The molecule has 1 aromatic heterocycles. The van der Waals surface area contributed by atoms with Crippen LogP contribution in [0.2, 0.25) is 0 Å². The highest BCUT2D eigenvalue weighted by molar-refractivity contribution is 7.92. The van der Waals surface area contributed by atoms with Gasteiger partial charge >= 0.3 is 0 Å². The first-order valence-electron chi connectivity index (χ1n) is 9.33. The highest BCUT2D eigenvalue weighted by Gasteiger charge is 2.29. The summed E-state index contributed by atoms with van der Waals surface area (Å²) in [5, 5.41) is 2.76. The molecule has 30 heavy (non-hydrogen) atoms. The second kappa shape index (κ2) is 9.41. The fourth-order valence-corrected chi connectivity index (χ4v) is 4.11. The summed E-state index contributed by atoms with van der Waals surface area (Å²) in [4.78, 5) is 16.6. The van der Waals surface area contributed by atoms with Crippen molar-refractivity contribution in [3.8, 4) is 11.5 Å². The molecule has 0 bridgehead atoms. The van der Waals surface area contributed by atoms with Crippen molar-refractivity contribution in [1.29, 1.82) is 0 Å². The van der Waals surface area contributed by atoms with E-state index in [0.717, 1.165) is 16.1 Å². The van der Waals surface area contributed by atoms with Crippen LogP contribution in [0.5, 0.6) is 11.5 Å². The molecule has 0 aliphatic carbocycles. The topological polar surface area (TPSA) is 88.6 Å². The second-order valence-electron chi connectivity index (χ2n) is 6.72. The number of benzene rings is 2. The van der Waals surface area contributed by atoms with Crippen LogP contribution < -0.4 is 14.4 Å². The first-order valence-corrected chi connectivity index (χ1v) is 11.2. The molecule has 1 heterocycles. The molecule has 0 saturated carbocycles. The Morgan fingerprint density at radius 1 is 1.03 bits per heavy atom. The Morgan fingerprint density at radius 2 is 1.70 bits per heavy atom. The van der Waals surface area contributed by atoms with E-state index >= 15 is 0 Å². The third kappa shape index (κ3) is 5.57. The molecule has 0 radical (unpaired) electrons. The van der Waals surface area contributed by atoms with Crippen LogP contribution in [0.1, 0.15) is 12.5 Å². The van der Waals surface area contributed by atoms with Crippen LogP contribution in [0.4, 0.5) is 5.69 Å². The lowest BCUT2D eigenvalue weighted by atomic mass is 10.2. The Hall–Kier alpha value is -3.39. The van der Waals surface area contributed by atoms with E-state index in [1.807, 2.05) is 36.4 Å². The number of nitrogens with one attached hydrogen (secondary N) is 1. The quantitative estimate of drug-likeness (QED) is 0.598. The van der Waals surface area contributed by atoms with Crippen LogP contribution in [-0.2, 0) is 21.4 Å². The Balaban J connectivity index is 1.74. The summed E-state index contributed by atoms with van der Waals surface area (Å²) < 4.78 is 31.7. The molecular formula is C22H23N3O4S. The highest BCUT2D eigenvalue weighted by Crippen LogP contribution is 2.26. The van der Waals surface area contributed by atoms with E-state index in [9.17, 15) is 13.2 Å². The zero-order chi connectivity index (χ0) is 21.6. The average molecular weight is 426 g/mol. The number of amides is 1. The minimum atomic E-state index is -3.70. The lowest BCUT2D eigenvalue weighted by Crippen LogP contribution is -2.47. The molecule has 1 N–H and O–H groups in total. The molecule has 1 atom stereocenters. The second-order valence-corrected chi connectivity index (χ2v) is 8.58. The molecule has 0 spiro atoms. The van der Waals surface area contributed by atoms with Crippen LogP contribution in [0.3, 0.4) is 0 Å². The van der Waals surface area contributed by atoms with Crippen LogP contribution in [0, 0.1) is 0 Å². The predicted octanol–water partition coefficient (Wildman–Crippen LogP) is 3.34. The van der Waals surface area contributed by atoms with Crippen LogP contribution in [-0.4, -0.2) is 31.6 Å². The number of hydrogen-bond acceptors (Lipinski definition) is 5. The van der Waals surface area contributed by atoms with Gasteiger partial charge in [-0.3, -0.25) is 14.1 Å². The van der Waals surface area contributed by atoms with Crippen molar-refractivity contribution in [2.75, 3.05) is 10.6 Å². The first-order chi connectivity index (χ1) is 14.3. The summed E-state index contributed by atoms with van der Waals surface area (Å²) in [5.41, 5.74) is 1.20. The molecule has 2 aromatic carbocycles. The van der Waals surface area contributed by atoms with E-state index in [1.54, 1.807) is 49.6 Å². The van der Waals surface area contributed by atoms with Gasteiger partial charge in [0.05, 0.1) is 11.9 Å². The maximum atomic E-state index is 12.6. The fourth-order valence-electron chi connectivity index (χ4n) is 2.93.